The average molecular weight is 855 g/mol. The lowest BCUT2D eigenvalue weighted by Crippen LogP contribution is -2.48. The molecule has 4 bridgehead atoms. The zero-order valence-electron chi connectivity index (χ0n) is 41.3. The van der Waals surface area contributed by atoms with Gasteiger partial charge in [-0.15, -0.1) is 0 Å². The molecule has 0 saturated heterocycles. The first kappa shape index (κ1) is 32.9. The molecule has 3 heterocycles. The van der Waals surface area contributed by atoms with Crippen LogP contribution >= 0.6 is 0 Å². The molecular weight excluding hydrogens is 803 g/mol. The number of aromatic nitrogens is 5. The van der Waals surface area contributed by atoms with Gasteiger partial charge in [0.25, 0.3) is 0 Å². The van der Waals surface area contributed by atoms with Crippen LogP contribution in [0.15, 0.2) is 194 Å². The summed E-state index contributed by atoms with van der Waals surface area (Å²) in [6, 6.07) is 54.7. The zero-order valence-corrected chi connectivity index (χ0v) is 36.3. The molecule has 4 fully saturated rings. The van der Waals surface area contributed by atoms with Crippen LogP contribution in [0.3, 0.4) is 0 Å². The molecule has 15 rings (SSSR count). The second-order valence-electron chi connectivity index (χ2n) is 19.1. The molecule has 8 aromatic carbocycles. The van der Waals surface area contributed by atoms with Crippen molar-refractivity contribution < 1.29 is 6.85 Å². The minimum Gasteiger partial charge on any atom is -0.307 e. The predicted octanol–water partition coefficient (Wildman–Crippen LogP) is 15.2. The third-order valence-electron chi connectivity index (χ3n) is 15.2. The molecule has 5 heteroatoms. The fourth-order valence-corrected chi connectivity index (χ4v) is 12.9. The highest BCUT2D eigenvalue weighted by molar-refractivity contribution is 6.24. The summed E-state index contributed by atoms with van der Waals surface area (Å²) < 4.78 is 48.7. The lowest BCUT2D eigenvalue weighted by molar-refractivity contribution is -0.00518. The Morgan fingerprint density at radius 3 is 1.59 bits per heavy atom. The molecule has 0 atom stereocenters. The van der Waals surface area contributed by atoms with Gasteiger partial charge in [0.2, 0.25) is 5.95 Å². The van der Waals surface area contributed by atoms with E-state index in [2.05, 4.69) is 106 Å². The molecule has 5 nitrogen and oxygen atoms in total. The Morgan fingerprint density at radius 1 is 0.439 bits per heavy atom. The largest absolute Gasteiger partial charge is 0.307 e. The van der Waals surface area contributed by atoms with Crippen molar-refractivity contribution in [1.82, 2.24) is 24.1 Å². The average Bonchev–Trinajstić information content (AvgIpc) is 3.93. The molecule has 3 aromatic heterocycles. The van der Waals surface area contributed by atoms with Crippen LogP contribution < -0.4 is 0 Å². The Labute approximate surface area is 391 Å². The van der Waals surface area contributed by atoms with Gasteiger partial charge in [-0.25, -0.2) is 4.98 Å². The van der Waals surface area contributed by atoms with Crippen molar-refractivity contribution in [3.05, 3.63) is 200 Å². The standard InChI is InChI=1S/C61H47N5/c1-4-15-42(16-5-1)47-23-14-26-54(55(47)43-17-6-2-7-18-43)65-52-24-12-10-21-48(52)50-31-32-51-49-22-11-13-25-53(49)66(57(51)56(50)65)60-63-58(44-19-8-3-9-20-44)62-59(64-60)45-27-29-46(30-28-45)61-36-39-33-40(37-61)35-41(34-39)38-61/h1-32,39-41H,33-38H2/i1D,4D,5D,15D,16D. The van der Waals surface area contributed by atoms with Crippen LogP contribution in [0, 0.1) is 17.8 Å². The van der Waals surface area contributed by atoms with E-state index in [0.29, 0.717) is 23.2 Å². The van der Waals surface area contributed by atoms with Gasteiger partial charge in [0.15, 0.2) is 11.6 Å². The molecule has 0 spiro atoms. The predicted molar refractivity (Wildman–Crippen MR) is 270 cm³/mol. The minimum absolute atomic E-state index is 0.147. The van der Waals surface area contributed by atoms with Gasteiger partial charge in [-0.3, -0.25) is 4.57 Å². The van der Waals surface area contributed by atoms with Crippen molar-refractivity contribution in [2.45, 2.75) is 43.9 Å². The van der Waals surface area contributed by atoms with Gasteiger partial charge in [-0.05, 0) is 102 Å². The lowest BCUT2D eigenvalue weighted by atomic mass is 9.48. The van der Waals surface area contributed by atoms with Crippen molar-refractivity contribution in [1.29, 1.82) is 0 Å². The van der Waals surface area contributed by atoms with Crippen molar-refractivity contribution in [2.24, 2.45) is 17.8 Å². The molecule has 0 aliphatic heterocycles. The summed E-state index contributed by atoms with van der Waals surface area (Å²) in [4.78, 5) is 16.1. The van der Waals surface area contributed by atoms with Gasteiger partial charge in [0, 0.05) is 38.2 Å². The molecule has 0 radical (unpaired) electrons. The molecule has 0 N–H and O–H groups in total. The van der Waals surface area contributed by atoms with E-state index in [1.54, 1.807) is 0 Å². The van der Waals surface area contributed by atoms with Crippen molar-refractivity contribution in [2.75, 3.05) is 0 Å². The molecule has 4 saturated carbocycles. The van der Waals surface area contributed by atoms with Crippen LogP contribution in [-0.4, -0.2) is 24.1 Å². The maximum absolute atomic E-state index is 9.18. The van der Waals surface area contributed by atoms with Crippen LogP contribution in [0.1, 0.15) is 50.9 Å². The Hall–Kier alpha value is -7.63. The molecule has 66 heavy (non-hydrogen) atoms. The van der Waals surface area contributed by atoms with Crippen LogP contribution in [0.4, 0.5) is 0 Å². The second kappa shape index (κ2) is 14.7. The fraction of sp³-hybridized carbons (Fsp3) is 0.164. The van der Waals surface area contributed by atoms with E-state index in [1.165, 1.54) is 44.1 Å². The van der Waals surface area contributed by atoms with Gasteiger partial charge in [0.1, 0.15) is 0 Å². The van der Waals surface area contributed by atoms with E-state index in [-0.39, 0.29) is 35.1 Å². The number of hydrogen-bond acceptors (Lipinski definition) is 3. The third-order valence-corrected chi connectivity index (χ3v) is 15.2. The maximum atomic E-state index is 9.18. The molecule has 0 unspecified atom stereocenters. The summed E-state index contributed by atoms with van der Waals surface area (Å²) >= 11 is 0. The Bertz CT molecular complexity index is 3910. The van der Waals surface area contributed by atoms with E-state index in [9.17, 15) is 2.74 Å². The summed E-state index contributed by atoms with van der Waals surface area (Å²) in [5.41, 5.74) is 10.3. The first-order valence-electron chi connectivity index (χ1n) is 25.9. The summed E-state index contributed by atoms with van der Waals surface area (Å²) in [6.45, 7) is 0. The van der Waals surface area contributed by atoms with E-state index < -0.39 is 6.04 Å². The molecule has 4 aliphatic carbocycles. The number of para-hydroxylation sites is 2. The highest BCUT2D eigenvalue weighted by atomic mass is 15.2. The summed E-state index contributed by atoms with van der Waals surface area (Å²) in [5, 5.41) is 4.11. The number of benzene rings is 8. The first-order valence-corrected chi connectivity index (χ1v) is 23.4. The number of hydrogen-bond donors (Lipinski definition) is 0. The van der Waals surface area contributed by atoms with Gasteiger partial charge < -0.3 is 4.57 Å². The monoisotopic (exact) mass is 854 g/mol. The van der Waals surface area contributed by atoms with E-state index in [0.717, 1.165) is 89.3 Å². The van der Waals surface area contributed by atoms with Crippen molar-refractivity contribution in [3.8, 4) is 56.7 Å². The molecule has 11 aromatic rings. The molecule has 0 amide bonds. The highest BCUT2D eigenvalue weighted by Crippen LogP contribution is 2.61. The van der Waals surface area contributed by atoms with E-state index in [1.807, 2.05) is 66.7 Å². The number of fused-ring (bicyclic) bond motifs is 7. The third kappa shape index (κ3) is 5.82. The molecular formula is C61H47N5. The quantitative estimate of drug-likeness (QED) is 0.160. The summed E-state index contributed by atoms with van der Waals surface area (Å²) in [6.07, 6.45) is 8.13. The number of rotatable bonds is 7. The van der Waals surface area contributed by atoms with Gasteiger partial charge >= 0.3 is 0 Å². The lowest BCUT2D eigenvalue weighted by Gasteiger charge is -2.57. The Kier molecular flexibility index (Phi) is 7.34. The van der Waals surface area contributed by atoms with Crippen LogP contribution in [0.5, 0.6) is 0 Å². The highest BCUT2D eigenvalue weighted by Gasteiger charge is 2.51. The SMILES string of the molecule is [2H]c1c([2H])c([2H])c(-c2cccc(-n3c4ccccc4c4ccc5c6ccccc6n(-c6nc(-c7ccccc7)nc(-c7ccc(C89CC%10CC(CC(C%10)C8)C9)cc7)n6)c5c43)c2-c2ccccc2)c([2H])c1[2H]. The fourth-order valence-electron chi connectivity index (χ4n) is 12.9. The second-order valence-corrected chi connectivity index (χ2v) is 19.1. The van der Waals surface area contributed by atoms with Crippen LogP contribution in [-0.2, 0) is 5.41 Å². The van der Waals surface area contributed by atoms with Crippen molar-refractivity contribution in [3.63, 3.8) is 0 Å². The Morgan fingerprint density at radius 2 is 0.970 bits per heavy atom. The smallest absolute Gasteiger partial charge is 0.238 e. The summed E-state index contributed by atoms with van der Waals surface area (Å²) in [5.74, 6) is 4.23. The maximum Gasteiger partial charge on any atom is 0.238 e. The van der Waals surface area contributed by atoms with Crippen LogP contribution in [0.2, 0.25) is 0 Å². The van der Waals surface area contributed by atoms with Crippen LogP contribution in [0.25, 0.3) is 100 Å². The van der Waals surface area contributed by atoms with Gasteiger partial charge in [-0.2, -0.15) is 9.97 Å². The molecule has 316 valence electrons. The van der Waals surface area contributed by atoms with Gasteiger partial charge in [-0.1, -0.05) is 176 Å². The first-order chi connectivity index (χ1) is 34.7. The molecule has 4 aliphatic rings. The minimum atomic E-state index is -0.426. The summed E-state index contributed by atoms with van der Waals surface area (Å²) in [7, 11) is 0. The van der Waals surface area contributed by atoms with Gasteiger partial charge in [0.05, 0.1) is 34.6 Å². The number of nitrogens with zero attached hydrogens (tertiary/aromatic N) is 5. The zero-order chi connectivity index (χ0) is 47.7. The van der Waals surface area contributed by atoms with E-state index >= 15 is 0 Å². The Balaban J connectivity index is 1.06. The normalized spacial score (nSPS) is 21.0. The van der Waals surface area contributed by atoms with Crippen molar-refractivity contribution >= 4 is 43.6 Å². The topological polar surface area (TPSA) is 48.5 Å². The van der Waals surface area contributed by atoms with E-state index in [4.69, 9.17) is 19.1 Å².